The Hall–Kier alpha value is -2.73. The molecule has 0 atom stereocenters. The number of nitrogens with zero attached hydrogens (tertiary/aromatic N) is 3. The Kier molecular flexibility index (Phi) is 4.08. The molecule has 0 spiro atoms. The van der Waals surface area contributed by atoms with E-state index in [0.29, 0.717) is 22.1 Å². The molecule has 0 saturated carbocycles. The summed E-state index contributed by atoms with van der Waals surface area (Å²) in [5.74, 6) is -0.867. The second-order valence-corrected chi connectivity index (χ2v) is 5.28. The van der Waals surface area contributed by atoms with Crippen LogP contribution >= 0.6 is 11.6 Å². The van der Waals surface area contributed by atoms with E-state index in [1.165, 1.54) is 12.3 Å². The first-order valence-electron chi connectivity index (χ1n) is 6.78. The maximum Gasteiger partial charge on any atom is 0.290 e. The summed E-state index contributed by atoms with van der Waals surface area (Å²) in [6, 6.07) is 9.56. The standard InChI is InChI=1S/C16H12ClFN4O/c1-10-15(22-9-12(17)6-7-14(22)20-10)16(23)21-19-8-11-4-2-3-5-13(11)18/h2-9H,1H3,(H,21,23)/b19-8-. The summed E-state index contributed by atoms with van der Waals surface area (Å²) < 4.78 is 15.1. The number of amides is 1. The van der Waals surface area contributed by atoms with Crippen molar-refractivity contribution in [3.8, 4) is 0 Å². The van der Waals surface area contributed by atoms with E-state index in [0.717, 1.165) is 0 Å². The molecule has 2 heterocycles. The number of rotatable bonds is 3. The summed E-state index contributed by atoms with van der Waals surface area (Å²) in [6.07, 6.45) is 2.85. The van der Waals surface area contributed by atoms with E-state index in [4.69, 9.17) is 11.6 Å². The average molecular weight is 331 g/mol. The van der Waals surface area contributed by atoms with Gasteiger partial charge >= 0.3 is 0 Å². The van der Waals surface area contributed by atoms with Gasteiger partial charge in [0.2, 0.25) is 0 Å². The lowest BCUT2D eigenvalue weighted by molar-refractivity contribution is 0.0948. The van der Waals surface area contributed by atoms with Crippen LogP contribution in [0, 0.1) is 12.7 Å². The predicted molar refractivity (Wildman–Crippen MR) is 86.4 cm³/mol. The van der Waals surface area contributed by atoms with Gasteiger partial charge in [0.25, 0.3) is 5.91 Å². The summed E-state index contributed by atoms with van der Waals surface area (Å²) in [7, 11) is 0. The maximum absolute atomic E-state index is 13.5. The van der Waals surface area contributed by atoms with Crippen LogP contribution in [0.3, 0.4) is 0 Å². The highest BCUT2D eigenvalue weighted by Gasteiger charge is 2.16. The van der Waals surface area contributed by atoms with Crippen LogP contribution in [0.5, 0.6) is 0 Å². The van der Waals surface area contributed by atoms with Gasteiger partial charge in [-0.1, -0.05) is 29.8 Å². The molecule has 0 fully saturated rings. The molecule has 5 nitrogen and oxygen atoms in total. The molecule has 23 heavy (non-hydrogen) atoms. The second-order valence-electron chi connectivity index (χ2n) is 4.84. The molecular formula is C16H12ClFN4O. The van der Waals surface area contributed by atoms with Crippen molar-refractivity contribution >= 4 is 29.4 Å². The number of aromatic nitrogens is 2. The summed E-state index contributed by atoms with van der Waals surface area (Å²) in [4.78, 5) is 16.6. The predicted octanol–water partition coefficient (Wildman–Crippen LogP) is 3.20. The zero-order valence-corrected chi connectivity index (χ0v) is 12.9. The number of hydrogen-bond donors (Lipinski definition) is 1. The zero-order chi connectivity index (χ0) is 16.4. The monoisotopic (exact) mass is 330 g/mol. The molecule has 7 heteroatoms. The fraction of sp³-hybridized carbons (Fsp3) is 0.0625. The number of fused-ring (bicyclic) bond motifs is 1. The summed E-state index contributed by atoms with van der Waals surface area (Å²) in [5.41, 5.74) is 4.14. The molecule has 1 N–H and O–H groups in total. The first-order valence-corrected chi connectivity index (χ1v) is 7.16. The van der Waals surface area contributed by atoms with Crippen molar-refractivity contribution in [3.05, 3.63) is 70.4 Å². The third kappa shape index (κ3) is 3.07. The largest absolute Gasteiger partial charge is 0.294 e. The zero-order valence-electron chi connectivity index (χ0n) is 12.1. The molecule has 0 aliphatic rings. The molecule has 2 aromatic heterocycles. The van der Waals surface area contributed by atoms with Gasteiger partial charge < -0.3 is 0 Å². The number of halogens is 2. The molecule has 1 aromatic carbocycles. The van der Waals surface area contributed by atoms with Gasteiger partial charge in [-0.15, -0.1) is 0 Å². The summed E-state index contributed by atoms with van der Waals surface area (Å²) in [5, 5.41) is 4.28. The maximum atomic E-state index is 13.5. The van der Waals surface area contributed by atoms with Gasteiger partial charge in [0.1, 0.15) is 17.2 Å². The SMILES string of the molecule is Cc1nc2ccc(Cl)cn2c1C(=O)N/N=C\c1ccccc1F. The van der Waals surface area contributed by atoms with E-state index in [2.05, 4.69) is 15.5 Å². The van der Waals surface area contributed by atoms with Crippen LogP contribution in [-0.4, -0.2) is 21.5 Å². The lowest BCUT2D eigenvalue weighted by Gasteiger charge is -2.02. The van der Waals surface area contributed by atoms with Crippen molar-refractivity contribution in [1.82, 2.24) is 14.8 Å². The number of carbonyl (C=O) groups excluding carboxylic acids is 1. The molecule has 0 aliphatic heterocycles. The molecule has 0 saturated heterocycles. The van der Waals surface area contributed by atoms with Crippen LogP contribution in [0.25, 0.3) is 5.65 Å². The molecular weight excluding hydrogens is 319 g/mol. The van der Waals surface area contributed by atoms with Gasteiger partial charge in [-0.2, -0.15) is 5.10 Å². The fourth-order valence-electron chi connectivity index (χ4n) is 2.20. The van der Waals surface area contributed by atoms with E-state index in [1.807, 2.05) is 0 Å². The Morgan fingerprint density at radius 3 is 2.91 bits per heavy atom. The minimum atomic E-state index is -0.454. The number of benzene rings is 1. The second kappa shape index (κ2) is 6.18. The fourth-order valence-corrected chi connectivity index (χ4v) is 2.36. The van der Waals surface area contributed by atoms with Crippen LogP contribution in [-0.2, 0) is 0 Å². The quantitative estimate of drug-likeness (QED) is 0.592. The van der Waals surface area contributed by atoms with Crippen LogP contribution < -0.4 is 5.43 Å². The topological polar surface area (TPSA) is 58.8 Å². The van der Waals surface area contributed by atoms with E-state index in [-0.39, 0.29) is 5.56 Å². The van der Waals surface area contributed by atoms with Gasteiger partial charge in [0.15, 0.2) is 0 Å². The highest BCUT2D eigenvalue weighted by atomic mass is 35.5. The number of hydrazone groups is 1. The Labute approximate surface area is 136 Å². The average Bonchev–Trinajstić information content (AvgIpc) is 2.84. The Morgan fingerprint density at radius 1 is 1.35 bits per heavy atom. The molecule has 3 aromatic rings. The molecule has 0 aliphatic carbocycles. The minimum Gasteiger partial charge on any atom is -0.294 e. The molecule has 0 bridgehead atoms. The Bertz CT molecular complexity index is 920. The van der Waals surface area contributed by atoms with Crippen molar-refractivity contribution in [3.63, 3.8) is 0 Å². The highest BCUT2D eigenvalue weighted by Crippen LogP contribution is 2.16. The Balaban J connectivity index is 1.85. The minimum absolute atomic E-state index is 0.283. The van der Waals surface area contributed by atoms with Crippen LogP contribution in [0.2, 0.25) is 5.02 Å². The molecule has 1 amide bonds. The number of carbonyl (C=O) groups is 1. The lowest BCUT2D eigenvalue weighted by atomic mass is 10.2. The van der Waals surface area contributed by atoms with E-state index < -0.39 is 11.7 Å². The van der Waals surface area contributed by atoms with Crippen molar-refractivity contribution in [2.24, 2.45) is 5.10 Å². The molecule has 116 valence electrons. The lowest BCUT2D eigenvalue weighted by Crippen LogP contribution is -2.20. The van der Waals surface area contributed by atoms with Crippen LogP contribution in [0.1, 0.15) is 21.7 Å². The van der Waals surface area contributed by atoms with Crippen LogP contribution in [0.15, 0.2) is 47.7 Å². The van der Waals surface area contributed by atoms with E-state index >= 15 is 0 Å². The van der Waals surface area contributed by atoms with Crippen LogP contribution in [0.4, 0.5) is 4.39 Å². The van der Waals surface area contributed by atoms with Crippen molar-refractivity contribution in [1.29, 1.82) is 0 Å². The molecule has 0 radical (unpaired) electrons. The van der Waals surface area contributed by atoms with Crippen molar-refractivity contribution < 1.29 is 9.18 Å². The van der Waals surface area contributed by atoms with Gasteiger partial charge in [-0.25, -0.2) is 14.8 Å². The molecule has 0 unspecified atom stereocenters. The number of hydrogen-bond acceptors (Lipinski definition) is 3. The van der Waals surface area contributed by atoms with Crippen molar-refractivity contribution in [2.45, 2.75) is 6.92 Å². The highest BCUT2D eigenvalue weighted by molar-refractivity contribution is 6.30. The Morgan fingerprint density at radius 2 is 2.13 bits per heavy atom. The first-order chi connectivity index (χ1) is 11.1. The summed E-state index contributed by atoms with van der Waals surface area (Å²) in [6.45, 7) is 1.72. The van der Waals surface area contributed by atoms with E-state index in [9.17, 15) is 9.18 Å². The first kappa shape index (κ1) is 15.2. The third-order valence-electron chi connectivity index (χ3n) is 3.25. The smallest absolute Gasteiger partial charge is 0.290 e. The number of imidazole rings is 1. The van der Waals surface area contributed by atoms with E-state index in [1.54, 1.807) is 47.9 Å². The van der Waals surface area contributed by atoms with Crippen molar-refractivity contribution in [2.75, 3.05) is 0 Å². The van der Waals surface area contributed by atoms with Gasteiger partial charge in [-0.3, -0.25) is 9.20 Å². The van der Waals surface area contributed by atoms with Gasteiger partial charge in [-0.05, 0) is 25.1 Å². The normalized spacial score (nSPS) is 11.3. The summed E-state index contributed by atoms with van der Waals surface area (Å²) >= 11 is 5.95. The van der Waals surface area contributed by atoms with Gasteiger partial charge in [0, 0.05) is 11.8 Å². The molecule has 3 rings (SSSR count). The third-order valence-corrected chi connectivity index (χ3v) is 3.47. The number of nitrogens with one attached hydrogen (secondary N) is 1. The number of pyridine rings is 1. The number of aryl methyl sites for hydroxylation is 1. The van der Waals surface area contributed by atoms with Gasteiger partial charge in [0.05, 0.1) is 16.9 Å².